The third-order valence-electron chi connectivity index (χ3n) is 4.86. The van der Waals surface area contributed by atoms with E-state index >= 15 is 0 Å². The van der Waals surface area contributed by atoms with Gasteiger partial charge in [-0.2, -0.15) is 5.10 Å². The molecular formula is C25H27N3O6S. The predicted molar refractivity (Wildman–Crippen MR) is 134 cm³/mol. The van der Waals surface area contributed by atoms with Crippen LogP contribution < -0.4 is 23.9 Å². The number of sulfonamides is 1. The van der Waals surface area contributed by atoms with Gasteiger partial charge in [-0.25, -0.2) is 13.8 Å². The van der Waals surface area contributed by atoms with E-state index in [1.165, 1.54) is 32.6 Å². The van der Waals surface area contributed by atoms with Crippen LogP contribution in [0.15, 0.2) is 82.8 Å². The highest BCUT2D eigenvalue weighted by molar-refractivity contribution is 7.92. The minimum Gasteiger partial charge on any atom is -0.494 e. The lowest BCUT2D eigenvalue weighted by Crippen LogP contribution is -2.39. The smallest absolute Gasteiger partial charge is 0.264 e. The van der Waals surface area contributed by atoms with Crippen LogP contribution in [0.2, 0.25) is 0 Å². The molecule has 0 unspecified atom stereocenters. The Hall–Kier alpha value is -4.05. The first-order valence-corrected chi connectivity index (χ1v) is 12.2. The molecule has 0 aliphatic carbocycles. The fourth-order valence-electron chi connectivity index (χ4n) is 3.19. The average Bonchev–Trinajstić information content (AvgIpc) is 2.88. The number of anilines is 1. The molecule has 0 atom stereocenters. The van der Waals surface area contributed by atoms with Crippen molar-refractivity contribution in [2.45, 2.75) is 11.8 Å². The first kappa shape index (κ1) is 25.6. The largest absolute Gasteiger partial charge is 0.494 e. The summed E-state index contributed by atoms with van der Waals surface area (Å²) in [7, 11) is -0.969. The second-order valence-corrected chi connectivity index (χ2v) is 9.02. The molecule has 0 radical (unpaired) electrons. The summed E-state index contributed by atoms with van der Waals surface area (Å²) in [5.74, 6) is 1.05. The first-order valence-electron chi connectivity index (χ1n) is 10.7. The topological polar surface area (TPSA) is 107 Å². The normalized spacial score (nSPS) is 11.2. The SMILES string of the molecule is CCOc1ccc(N(CC(=O)NN=Cc2ccc(OC)c(OC)c2)S(=O)(=O)c2ccccc2)cc1. The Morgan fingerprint density at radius 1 is 0.971 bits per heavy atom. The molecule has 0 aliphatic rings. The molecule has 3 rings (SSSR count). The van der Waals surface area contributed by atoms with Crippen LogP contribution in [-0.4, -0.2) is 47.9 Å². The summed E-state index contributed by atoms with van der Waals surface area (Å²) >= 11 is 0. The first-order chi connectivity index (χ1) is 16.9. The van der Waals surface area contributed by atoms with Crippen molar-refractivity contribution in [3.63, 3.8) is 0 Å². The standard InChI is InChI=1S/C25H27N3O6S/c1-4-34-21-13-11-20(12-14-21)28(35(30,31)22-8-6-5-7-9-22)18-25(29)27-26-17-19-10-15-23(32-2)24(16-19)33-3/h5-17H,4,18H2,1-3H3,(H,27,29). The third kappa shape index (κ3) is 6.51. The van der Waals surface area contributed by atoms with Crippen molar-refractivity contribution in [2.24, 2.45) is 5.10 Å². The van der Waals surface area contributed by atoms with Crippen LogP contribution in [0.25, 0.3) is 0 Å². The van der Waals surface area contributed by atoms with E-state index in [4.69, 9.17) is 14.2 Å². The number of ether oxygens (including phenoxy) is 3. The van der Waals surface area contributed by atoms with Gasteiger partial charge >= 0.3 is 0 Å². The zero-order chi connectivity index (χ0) is 25.3. The number of hydrogen-bond acceptors (Lipinski definition) is 7. The number of methoxy groups -OCH3 is 2. The molecule has 35 heavy (non-hydrogen) atoms. The molecule has 0 saturated carbocycles. The third-order valence-corrected chi connectivity index (χ3v) is 6.65. The second-order valence-electron chi connectivity index (χ2n) is 7.16. The number of nitrogens with zero attached hydrogens (tertiary/aromatic N) is 2. The van der Waals surface area contributed by atoms with Crippen molar-refractivity contribution >= 4 is 27.8 Å². The Kier molecular flexibility index (Phi) is 8.69. The maximum atomic E-state index is 13.4. The fraction of sp³-hybridized carbons (Fsp3) is 0.200. The number of hydrogen-bond donors (Lipinski definition) is 1. The summed E-state index contributed by atoms with van der Waals surface area (Å²) in [6.45, 7) is 1.85. The van der Waals surface area contributed by atoms with Gasteiger partial charge in [-0.3, -0.25) is 9.10 Å². The van der Waals surface area contributed by atoms with Crippen LogP contribution in [0, 0.1) is 0 Å². The van der Waals surface area contributed by atoms with Gasteiger partial charge in [0.05, 0.1) is 37.6 Å². The molecule has 0 spiro atoms. The molecule has 0 fully saturated rings. The molecule has 0 aromatic heterocycles. The van der Waals surface area contributed by atoms with Gasteiger partial charge in [0.1, 0.15) is 12.3 Å². The summed E-state index contributed by atoms with van der Waals surface area (Å²) in [5.41, 5.74) is 3.35. The van der Waals surface area contributed by atoms with Crippen LogP contribution in [-0.2, 0) is 14.8 Å². The Bertz CT molecular complexity index is 1260. The van der Waals surface area contributed by atoms with Crippen molar-refractivity contribution in [3.05, 3.63) is 78.4 Å². The average molecular weight is 498 g/mol. The van der Waals surface area contributed by atoms with Crippen LogP contribution in [0.1, 0.15) is 12.5 Å². The summed E-state index contributed by atoms with van der Waals surface area (Å²) < 4.78 is 43.6. The molecule has 0 saturated heterocycles. The number of rotatable bonds is 11. The zero-order valence-corrected chi connectivity index (χ0v) is 20.5. The lowest BCUT2D eigenvalue weighted by atomic mass is 10.2. The molecule has 0 bridgehead atoms. The molecular weight excluding hydrogens is 470 g/mol. The number of amides is 1. The zero-order valence-electron chi connectivity index (χ0n) is 19.7. The molecule has 3 aromatic rings. The van der Waals surface area contributed by atoms with Crippen molar-refractivity contribution in [2.75, 3.05) is 31.7 Å². The van der Waals surface area contributed by atoms with Gasteiger partial charge in [0.15, 0.2) is 11.5 Å². The quantitative estimate of drug-likeness (QED) is 0.321. The highest BCUT2D eigenvalue weighted by Crippen LogP contribution is 2.27. The molecule has 184 valence electrons. The predicted octanol–water partition coefficient (Wildman–Crippen LogP) is 3.45. The number of carbonyl (C=O) groups excluding carboxylic acids is 1. The number of nitrogens with one attached hydrogen (secondary N) is 1. The van der Waals surface area contributed by atoms with Crippen LogP contribution in [0.4, 0.5) is 5.69 Å². The molecule has 0 heterocycles. The maximum Gasteiger partial charge on any atom is 0.264 e. The fourth-order valence-corrected chi connectivity index (χ4v) is 4.63. The van der Waals surface area contributed by atoms with E-state index < -0.39 is 22.5 Å². The van der Waals surface area contributed by atoms with Gasteiger partial charge in [0.25, 0.3) is 15.9 Å². The maximum absolute atomic E-state index is 13.4. The molecule has 3 aromatic carbocycles. The summed E-state index contributed by atoms with van der Waals surface area (Å²) in [4.78, 5) is 12.8. The van der Waals surface area contributed by atoms with Gasteiger partial charge < -0.3 is 14.2 Å². The molecule has 0 aliphatic heterocycles. The Balaban J connectivity index is 1.80. The Morgan fingerprint density at radius 3 is 2.29 bits per heavy atom. The van der Waals surface area contributed by atoms with E-state index in [-0.39, 0.29) is 4.90 Å². The van der Waals surface area contributed by atoms with Crippen LogP contribution in [0.3, 0.4) is 0 Å². The van der Waals surface area contributed by atoms with Crippen molar-refractivity contribution < 1.29 is 27.4 Å². The van der Waals surface area contributed by atoms with E-state index in [1.807, 2.05) is 6.92 Å². The van der Waals surface area contributed by atoms with Gasteiger partial charge in [0.2, 0.25) is 0 Å². The minimum atomic E-state index is -4.02. The monoisotopic (exact) mass is 497 g/mol. The Morgan fingerprint density at radius 2 is 1.66 bits per heavy atom. The molecule has 1 N–H and O–H groups in total. The molecule has 1 amide bonds. The second kappa shape index (κ2) is 11.9. The van der Waals surface area contributed by atoms with Gasteiger partial charge in [-0.15, -0.1) is 0 Å². The summed E-state index contributed by atoms with van der Waals surface area (Å²) in [6.07, 6.45) is 1.42. The van der Waals surface area contributed by atoms with Crippen molar-refractivity contribution in [1.82, 2.24) is 5.43 Å². The minimum absolute atomic E-state index is 0.0653. The van der Waals surface area contributed by atoms with Crippen LogP contribution in [0.5, 0.6) is 17.2 Å². The highest BCUT2D eigenvalue weighted by atomic mass is 32.2. The van der Waals surface area contributed by atoms with Gasteiger partial charge in [-0.05, 0) is 67.1 Å². The molecule has 10 heteroatoms. The van der Waals surface area contributed by atoms with Gasteiger partial charge in [0, 0.05) is 0 Å². The van der Waals surface area contributed by atoms with E-state index in [0.29, 0.717) is 35.1 Å². The summed E-state index contributed by atoms with van der Waals surface area (Å²) in [5, 5.41) is 3.95. The lowest BCUT2D eigenvalue weighted by molar-refractivity contribution is -0.119. The van der Waals surface area contributed by atoms with Gasteiger partial charge in [-0.1, -0.05) is 18.2 Å². The summed E-state index contributed by atoms with van der Waals surface area (Å²) in [6, 6.07) is 19.5. The number of carbonyl (C=O) groups is 1. The van der Waals surface area contributed by atoms with Crippen molar-refractivity contribution in [3.8, 4) is 17.2 Å². The van der Waals surface area contributed by atoms with E-state index in [1.54, 1.807) is 60.7 Å². The highest BCUT2D eigenvalue weighted by Gasteiger charge is 2.27. The number of hydrazone groups is 1. The van der Waals surface area contributed by atoms with E-state index in [9.17, 15) is 13.2 Å². The lowest BCUT2D eigenvalue weighted by Gasteiger charge is -2.24. The molecule has 9 nitrogen and oxygen atoms in total. The number of benzene rings is 3. The van der Waals surface area contributed by atoms with Crippen LogP contribution >= 0.6 is 0 Å². The van der Waals surface area contributed by atoms with E-state index in [0.717, 1.165) is 4.31 Å². The van der Waals surface area contributed by atoms with Crippen molar-refractivity contribution in [1.29, 1.82) is 0 Å². The Labute approximate surface area is 205 Å². The van der Waals surface area contributed by atoms with E-state index in [2.05, 4.69) is 10.5 Å².